The molecule has 0 spiro atoms. The number of thiophene rings is 1. The Hall–Kier alpha value is -3.10. The first-order chi connectivity index (χ1) is 13.9. The molecule has 146 valence electrons. The predicted octanol–water partition coefficient (Wildman–Crippen LogP) is 4.68. The highest BCUT2D eigenvalue weighted by molar-refractivity contribution is 7.17. The van der Waals surface area contributed by atoms with Crippen molar-refractivity contribution in [2.75, 3.05) is 19.4 Å². The number of benzene rings is 1. The molecular formula is C21H18N4O2S2. The van der Waals surface area contributed by atoms with Crippen molar-refractivity contribution in [1.29, 1.82) is 0 Å². The highest BCUT2D eigenvalue weighted by Crippen LogP contribution is 2.29. The van der Waals surface area contributed by atoms with E-state index in [-0.39, 0.29) is 11.8 Å². The average Bonchev–Trinajstić information content (AvgIpc) is 3.36. The van der Waals surface area contributed by atoms with Crippen LogP contribution in [0.2, 0.25) is 0 Å². The van der Waals surface area contributed by atoms with Crippen LogP contribution in [0.1, 0.15) is 25.7 Å². The summed E-state index contributed by atoms with van der Waals surface area (Å²) >= 11 is 2.75. The molecule has 0 saturated carbocycles. The molecule has 0 radical (unpaired) electrons. The first-order valence-corrected chi connectivity index (χ1v) is 10.6. The normalized spacial score (nSPS) is 10.9. The molecule has 3 heterocycles. The number of carbonyl (C=O) groups is 2. The van der Waals surface area contributed by atoms with Gasteiger partial charge < -0.3 is 4.90 Å². The minimum atomic E-state index is -0.279. The molecule has 0 aliphatic rings. The second kappa shape index (κ2) is 7.73. The molecule has 1 N–H and O–H groups in total. The largest absolute Gasteiger partial charge is 0.344 e. The van der Waals surface area contributed by atoms with Gasteiger partial charge in [0.2, 0.25) is 0 Å². The van der Waals surface area contributed by atoms with Gasteiger partial charge in [0, 0.05) is 19.5 Å². The molecular weight excluding hydrogens is 404 g/mol. The lowest BCUT2D eigenvalue weighted by molar-refractivity contribution is 0.0831. The third-order valence-electron chi connectivity index (χ3n) is 4.35. The summed E-state index contributed by atoms with van der Waals surface area (Å²) < 4.78 is 0. The zero-order valence-corrected chi connectivity index (χ0v) is 17.7. The van der Waals surface area contributed by atoms with Gasteiger partial charge in [0.1, 0.15) is 4.88 Å². The summed E-state index contributed by atoms with van der Waals surface area (Å²) in [6, 6.07) is 13.3. The Kier molecular flexibility index (Phi) is 5.12. The van der Waals surface area contributed by atoms with Gasteiger partial charge in [0.15, 0.2) is 5.13 Å². The van der Waals surface area contributed by atoms with Gasteiger partial charge >= 0.3 is 0 Å². The minimum Gasteiger partial charge on any atom is -0.344 e. The zero-order valence-electron chi connectivity index (χ0n) is 16.1. The lowest BCUT2D eigenvalue weighted by Crippen LogP contribution is -2.21. The number of thiazole rings is 1. The van der Waals surface area contributed by atoms with Crippen LogP contribution in [0.15, 0.2) is 47.8 Å². The summed E-state index contributed by atoms with van der Waals surface area (Å²) in [5, 5.41) is 6.00. The van der Waals surface area contributed by atoms with E-state index < -0.39 is 0 Å². The van der Waals surface area contributed by atoms with E-state index in [0.29, 0.717) is 21.3 Å². The standard InChI is InChI=1S/C21H18N4O2S2/c1-12-18(20(27)25(2)3)29-21(22-12)24-19(26)14-11-16(17-9-6-10-28-17)23-15-8-5-4-7-13(14)15/h4-11H,1-3H3,(H,22,24,26). The zero-order chi connectivity index (χ0) is 20.5. The van der Waals surface area contributed by atoms with Crippen molar-refractivity contribution < 1.29 is 9.59 Å². The number of carbonyl (C=O) groups excluding carboxylic acids is 2. The molecule has 4 aromatic rings. The number of fused-ring (bicyclic) bond motifs is 1. The second-order valence-corrected chi connectivity index (χ2v) is 8.58. The Labute approximate surface area is 175 Å². The van der Waals surface area contributed by atoms with Gasteiger partial charge in [-0.25, -0.2) is 9.97 Å². The molecule has 0 fully saturated rings. The van der Waals surface area contributed by atoms with Crippen LogP contribution in [0.4, 0.5) is 5.13 Å². The van der Waals surface area contributed by atoms with Crippen molar-refractivity contribution >= 4 is 50.5 Å². The fourth-order valence-corrected chi connectivity index (χ4v) is 4.60. The van der Waals surface area contributed by atoms with E-state index in [2.05, 4.69) is 10.3 Å². The van der Waals surface area contributed by atoms with E-state index in [1.165, 1.54) is 16.2 Å². The van der Waals surface area contributed by atoms with Crippen molar-refractivity contribution in [3.63, 3.8) is 0 Å². The number of aromatic nitrogens is 2. The molecule has 3 aromatic heterocycles. The molecule has 1 aromatic carbocycles. The summed E-state index contributed by atoms with van der Waals surface area (Å²) in [6.45, 7) is 1.76. The Morgan fingerprint density at radius 2 is 1.86 bits per heavy atom. The van der Waals surface area contributed by atoms with Crippen molar-refractivity contribution in [2.24, 2.45) is 0 Å². The molecule has 0 unspecified atom stereocenters. The number of nitrogens with one attached hydrogen (secondary N) is 1. The fourth-order valence-electron chi connectivity index (χ4n) is 2.93. The fraction of sp³-hybridized carbons (Fsp3) is 0.143. The monoisotopic (exact) mass is 422 g/mol. The van der Waals surface area contributed by atoms with Crippen LogP contribution < -0.4 is 5.32 Å². The van der Waals surface area contributed by atoms with E-state index in [9.17, 15) is 9.59 Å². The lowest BCUT2D eigenvalue weighted by atomic mass is 10.1. The van der Waals surface area contributed by atoms with Crippen LogP contribution in [0.25, 0.3) is 21.5 Å². The summed E-state index contributed by atoms with van der Waals surface area (Å²) in [7, 11) is 3.38. The Morgan fingerprint density at radius 1 is 1.07 bits per heavy atom. The lowest BCUT2D eigenvalue weighted by Gasteiger charge is -2.09. The molecule has 0 bridgehead atoms. The van der Waals surface area contributed by atoms with Gasteiger partial charge in [0.05, 0.1) is 27.3 Å². The number of nitrogens with zero attached hydrogens (tertiary/aromatic N) is 3. The summed E-state index contributed by atoms with van der Waals surface area (Å²) in [6.07, 6.45) is 0. The minimum absolute atomic E-state index is 0.130. The Bertz CT molecular complexity index is 1210. The highest BCUT2D eigenvalue weighted by Gasteiger charge is 2.20. The van der Waals surface area contributed by atoms with Crippen molar-refractivity contribution in [2.45, 2.75) is 6.92 Å². The second-order valence-electron chi connectivity index (χ2n) is 6.64. The van der Waals surface area contributed by atoms with E-state index in [0.717, 1.165) is 21.5 Å². The number of pyridine rings is 1. The molecule has 8 heteroatoms. The predicted molar refractivity (Wildman–Crippen MR) is 118 cm³/mol. The number of para-hydroxylation sites is 1. The molecule has 0 aliphatic heterocycles. The maximum atomic E-state index is 13.1. The number of hydrogen-bond donors (Lipinski definition) is 1. The summed E-state index contributed by atoms with van der Waals surface area (Å²) in [5.41, 5.74) is 2.63. The first kappa shape index (κ1) is 19.2. The van der Waals surface area contributed by atoms with E-state index in [1.807, 2.05) is 41.8 Å². The van der Waals surface area contributed by atoms with Crippen LogP contribution >= 0.6 is 22.7 Å². The van der Waals surface area contributed by atoms with Gasteiger partial charge in [-0.15, -0.1) is 11.3 Å². The van der Waals surface area contributed by atoms with Gasteiger partial charge in [-0.3, -0.25) is 14.9 Å². The molecule has 4 rings (SSSR count). The van der Waals surface area contributed by atoms with E-state index >= 15 is 0 Å². The quantitative estimate of drug-likeness (QED) is 0.518. The number of anilines is 1. The molecule has 0 atom stereocenters. The average molecular weight is 423 g/mol. The van der Waals surface area contributed by atoms with Crippen molar-refractivity contribution in [1.82, 2.24) is 14.9 Å². The van der Waals surface area contributed by atoms with E-state index in [4.69, 9.17) is 4.98 Å². The molecule has 2 amide bonds. The molecule has 29 heavy (non-hydrogen) atoms. The first-order valence-electron chi connectivity index (χ1n) is 8.88. The molecule has 0 aliphatic carbocycles. The maximum Gasteiger partial charge on any atom is 0.265 e. The van der Waals surface area contributed by atoms with Crippen LogP contribution in [-0.4, -0.2) is 40.8 Å². The van der Waals surface area contributed by atoms with Crippen molar-refractivity contribution in [3.8, 4) is 10.6 Å². The van der Waals surface area contributed by atoms with Crippen LogP contribution in [0.3, 0.4) is 0 Å². The Balaban J connectivity index is 1.72. The number of amides is 2. The highest BCUT2D eigenvalue weighted by atomic mass is 32.1. The maximum absolute atomic E-state index is 13.1. The Morgan fingerprint density at radius 3 is 2.59 bits per heavy atom. The number of rotatable bonds is 4. The molecule has 6 nitrogen and oxygen atoms in total. The van der Waals surface area contributed by atoms with Crippen molar-refractivity contribution in [3.05, 3.63) is 64.0 Å². The molecule has 0 saturated heterocycles. The number of hydrogen-bond acceptors (Lipinski definition) is 6. The van der Waals surface area contributed by atoms with Gasteiger partial charge in [-0.05, 0) is 30.5 Å². The van der Waals surface area contributed by atoms with Gasteiger partial charge in [0.25, 0.3) is 11.8 Å². The summed E-state index contributed by atoms with van der Waals surface area (Å²) in [5.74, 6) is -0.408. The SMILES string of the molecule is Cc1nc(NC(=O)c2cc(-c3cccs3)nc3ccccc23)sc1C(=O)N(C)C. The third-order valence-corrected chi connectivity index (χ3v) is 6.31. The van der Waals surface area contributed by atoms with Gasteiger partial charge in [-0.2, -0.15) is 0 Å². The van der Waals surface area contributed by atoms with Gasteiger partial charge in [-0.1, -0.05) is 35.6 Å². The third kappa shape index (κ3) is 3.76. The smallest absolute Gasteiger partial charge is 0.265 e. The van der Waals surface area contributed by atoms with Crippen LogP contribution in [0.5, 0.6) is 0 Å². The van der Waals surface area contributed by atoms with E-state index in [1.54, 1.807) is 38.4 Å². The van der Waals surface area contributed by atoms with Crippen LogP contribution in [-0.2, 0) is 0 Å². The topological polar surface area (TPSA) is 75.2 Å². The number of aryl methyl sites for hydroxylation is 1. The summed E-state index contributed by atoms with van der Waals surface area (Å²) in [4.78, 5) is 37.4. The van der Waals surface area contributed by atoms with Crippen LogP contribution in [0, 0.1) is 6.92 Å².